The molecule has 0 saturated heterocycles. The normalized spacial score (nSPS) is 9.71. The quantitative estimate of drug-likeness (QED) is 0.848. The smallest absolute Gasteiger partial charge is 0.305 e. The van der Waals surface area contributed by atoms with Crippen LogP contribution in [0.5, 0.6) is 0 Å². The third-order valence-electron chi connectivity index (χ3n) is 2.38. The summed E-state index contributed by atoms with van der Waals surface area (Å²) in [5.41, 5.74) is 1.95. The maximum absolute atomic E-state index is 10.5. The van der Waals surface area contributed by atoms with Crippen molar-refractivity contribution in [2.45, 2.75) is 13.3 Å². The summed E-state index contributed by atoms with van der Waals surface area (Å²) in [4.78, 5) is 12.3. The minimum atomic E-state index is -0.862. The first-order chi connectivity index (χ1) is 8.04. The molecular weight excluding hydrogens is 284 g/mol. The number of nitriles is 1. The molecule has 90 valence electrons. The van der Waals surface area contributed by atoms with Gasteiger partial charge in [0.25, 0.3) is 0 Å². The van der Waals surface area contributed by atoms with E-state index in [4.69, 9.17) is 10.4 Å². The Morgan fingerprint density at radius 1 is 1.59 bits per heavy atom. The van der Waals surface area contributed by atoms with Crippen molar-refractivity contribution >= 4 is 27.6 Å². The number of rotatable bonds is 5. The van der Waals surface area contributed by atoms with Crippen LogP contribution in [0.3, 0.4) is 0 Å². The number of carboxylic acid groups (broad SMARTS) is 1. The van der Waals surface area contributed by atoms with Crippen molar-refractivity contribution in [3.8, 4) is 6.07 Å². The molecule has 1 rings (SSSR count). The van der Waals surface area contributed by atoms with Crippen molar-refractivity contribution in [2.24, 2.45) is 0 Å². The van der Waals surface area contributed by atoms with Gasteiger partial charge < -0.3 is 10.0 Å². The lowest BCUT2D eigenvalue weighted by Gasteiger charge is -2.21. The number of hydrogen-bond acceptors (Lipinski definition) is 3. The maximum Gasteiger partial charge on any atom is 0.305 e. The van der Waals surface area contributed by atoms with Gasteiger partial charge in [0.2, 0.25) is 0 Å². The fraction of sp³-hybridized carbons (Fsp3) is 0.333. The van der Waals surface area contributed by atoms with Crippen LogP contribution >= 0.6 is 15.9 Å². The number of aryl methyl sites for hydroxylation is 1. The van der Waals surface area contributed by atoms with Crippen LogP contribution in [0, 0.1) is 18.3 Å². The molecular formula is C12H13BrN2O2. The molecule has 0 aliphatic rings. The summed E-state index contributed by atoms with van der Waals surface area (Å²) in [7, 11) is 0. The Kier molecular flexibility index (Phi) is 4.98. The van der Waals surface area contributed by atoms with E-state index in [0.717, 1.165) is 15.7 Å². The summed E-state index contributed by atoms with van der Waals surface area (Å²) in [5, 5.41) is 17.4. The van der Waals surface area contributed by atoms with Crippen LogP contribution in [0.25, 0.3) is 0 Å². The zero-order valence-corrected chi connectivity index (χ0v) is 11.1. The molecule has 1 aromatic carbocycles. The summed E-state index contributed by atoms with van der Waals surface area (Å²) < 4.78 is 0.952. The highest BCUT2D eigenvalue weighted by Gasteiger charge is 2.09. The van der Waals surface area contributed by atoms with E-state index in [-0.39, 0.29) is 13.0 Å². The molecule has 0 amide bonds. The number of hydrogen-bond donors (Lipinski definition) is 1. The van der Waals surface area contributed by atoms with E-state index in [1.807, 2.05) is 31.2 Å². The molecule has 0 aromatic heterocycles. The molecule has 0 spiro atoms. The van der Waals surface area contributed by atoms with Crippen molar-refractivity contribution in [3.63, 3.8) is 0 Å². The van der Waals surface area contributed by atoms with Gasteiger partial charge in [-0.25, -0.2) is 0 Å². The van der Waals surface area contributed by atoms with Crippen LogP contribution in [0.4, 0.5) is 5.69 Å². The van der Waals surface area contributed by atoms with E-state index in [1.54, 1.807) is 4.90 Å². The molecule has 1 aromatic rings. The van der Waals surface area contributed by atoms with Crippen LogP contribution < -0.4 is 4.90 Å². The molecule has 0 aliphatic carbocycles. The zero-order valence-electron chi connectivity index (χ0n) is 9.48. The van der Waals surface area contributed by atoms with Crippen LogP contribution in [0.15, 0.2) is 22.7 Å². The van der Waals surface area contributed by atoms with Crippen molar-refractivity contribution in [3.05, 3.63) is 28.2 Å². The molecule has 4 nitrogen and oxygen atoms in total. The number of nitrogens with zero attached hydrogens (tertiary/aromatic N) is 2. The Hall–Kier alpha value is -1.54. The van der Waals surface area contributed by atoms with Crippen molar-refractivity contribution in [1.82, 2.24) is 0 Å². The summed E-state index contributed by atoms with van der Waals surface area (Å²) in [5.74, 6) is -0.862. The second-order valence-corrected chi connectivity index (χ2v) is 4.51. The third kappa shape index (κ3) is 4.08. The summed E-state index contributed by atoms with van der Waals surface area (Å²) >= 11 is 3.42. The second kappa shape index (κ2) is 6.26. The van der Waals surface area contributed by atoms with Crippen LogP contribution in [0.1, 0.15) is 12.0 Å². The van der Waals surface area contributed by atoms with Gasteiger partial charge in [0.15, 0.2) is 0 Å². The maximum atomic E-state index is 10.5. The van der Waals surface area contributed by atoms with Crippen molar-refractivity contribution in [2.75, 3.05) is 18.0 Å². The van der Waals surface area contributed by atoms with Gasteiger partial charge >= 0.3 is 5.97 Å². The summed E-state index contributed by atoms with van der Waals surface area (Å²) in [6, 6.07) is 7.76. The lowest BCUT2D eigenvalue weighted by atomic mass is 10.2. The Morgan fingerprint density at radius 3 is 2.82 bits per heavy atom. The molecule has 0 unspecified atom stereocenters. The van der Waals surface area contributed by atoms with E-state index < -0.39 is 5.97 Å². The molecule has 5 heteroatoms. The van der Waals surface area contributed by atoms with Gasteiger partial charge in [0.1, 0.15) is 6.54 Å². The molecule has 0 atom stereocenters. The first kappa shape index (κ1) is 13.5. The standard InChI is InChI=1S/C12H13BrN2O2/c1-9-2-3-10(8-11(9)13)15(7-5-14)6-4-12(16)17/h2-3,8H,4,6-7H2,1H3,(H,16,17). The minimum Gasteiger partial charge on any atom is -0.481 e. The second-order valence-electron chi connectivity index (χ2n) is 3.66. The topological polar surface area (TPSA) is 64.3 Å². The van der Waals surface area contributed by atoms with Gasteiger partial charge in [-0.2, -0.15) is 5.26 Å². The molecule has 1 N–H and O–H groups in total. The van der Waals surface area contributed by atoms with E-state index in [9.17, 15) is 4.79 Å². The summed E-state index contributed by atoms with van der Waals surface area (Å²) in [6.45, 7) is 2.49. The number of carbonyl (C=O) groups is 1. The molecule has 0 fully saturated rings. The number of halogens is 1. The van der Waals surface area contributed by atoms with E-state index in [2.05, 4.69) is 15.9 Å². The molecule has 17 heavy (non-hydrogen) atoms. The number of anilines is 1. The van der Waals surface area contributed by atoms with E-state index >= 15 is 0 Å². The average Bonchev–Trinajstić information content (AvgIpc) is 2.28. The Morgan fingerprint density at radius 2 is 2.29 bits per heavy atom. The van der Waals surface area contributed by atoms with Gasteiger partial charge in [0, 0.05) is 16.7 Å². The molecule has 0 aliphatic heterocycles. The lowest BCUT2D eigenvalue weighted by Crippen LogP contribution is -2.26. The largest absolute Gasteiger partial charge is 0.481 e. The monoisotopic (exact) mass is 296 g/mol. The van der Waals surface area contributed by atoms with Crippen molar-refractivity contribution in [1.29, 1.82) is 5.26 Å². The zero-order chi connectivity index (χ0) is 12.8. The fourth-order valence-electron chi connectivity index (χ4n) is 1.39. The molecule has 0 saturated carbocycles. The van der Waals surface area contributed by atoms with Gasteiger partial charge in [-0.15, -0.1) is 0 Å². The lowest BCUT2D eigenvalue weighted by molar-refractivity contribution is -0.136. The van der Waals surface area contributed by atoms with Crippen LogP contribution in [-0.4, -0.2) is 24.2 Å². The first-order valence-corrected chi connectivity index (χ1v) is 5.93. The Bertz CT molecular complexity index is 454. The Labute approximate surface area is 109 Å². The van der Waals surface area contributed by atoms with E-state index in [1.165, 1.54) is 0 Å². The van der Waals surface area contributed by atoms with Gasteiger partial charge in [0.05, 0.1) is 12.5 Å². The Balaban J connectivity index is 2.85. The third-order valence-corrected chi connectivity index (χ3v) is 3.23. The highest BCUT2D eigenvalue weighted by molar-refractivity contribution is 9.10. The number of aliphatic carboxylic acids is 1. The summed E-state index contributed by atoms with van der Waals surface area (Å²) in [6.07, 6.45) is 0.0210. The molecule has 0 heterocycles. The molecule has 0 radical (unpaired) electrons. The number of benzene rings is 1. The predicted octanol–water partition coefficient (Wildman–Crippen LogP) is 2.56. The first-order valence-electron chi connectivity index (χ1n) is 5.14. The van der Waals surface area contributed by atoms with Gasteiger partial charge in [-0.05, 0) is 24.6 Å². The van der Waals surface area contributed by atoms with Gasteiger partial charge in [-0.3, -0.25) is 4.79 Å². The van der Waals surface area contributed by atoms with Gasteiger partial charge in [-0.1, -0.05) is 22.0 Å². The van der Waals surface area contributed by atoms with Crippen LogP contribution in [0.2, 0.25) is 0 Å². The fourth-order valence-corrected chi connectivity index (χ4v) is 1.76. The number of carboxylic acids is 1. The minimum absolute atomic E-state index is 0.0210. The highest BCUT2D eigenvalue weighted by atomic mass is 79.9. The highest BCUT2D eigenvalue weighted by Crippen LogP contribution is 2.23. The average molecular weight is 297 g/mol. The SMILES string of the molecule is Cc1ccc(N(CC#N)CCC(=O)O)cc1Br. The van der Waals surface area contributed by atoms with Crippen molar-refractivity contribution < 1.29 is 9.90 Å². The predicted molar refractivity (Wildman–Crippen MR) is 69.0 cm³/mol. The molecule has 0 bridgehead atoms. The van der Waals surface area contributed by atoms with E-state index in [0.29, 0.717) is 6.54 Å². The van der Waals surface area contributed by atoms with Crippen LogP contribution in [-0.2, 0) is 4.79 Å².